The zero-order valence-electron chi connectivity index (χ0n) is 11.9. The lowest BCUT2D eigenvalue weighted by Gasteiger charge is -2.28. The van der Waals surface area contributed by atoms with Crippen molar-refractivity contribution in [2.45, 2.75) is 43.5 Å². The summed E-state index contributed by atoms with van der Waals surface area (Å²) in [5.74, 6) is 1.05. The Morgan fingerprint density at radius 1 is 1.33 bits per heavy atom. The van der Waals surface area contributed by atoms with E-state index in [9.17, 15) is 12.8 Å². The molecule has 3 nitrogen and oxygen atoms in total. The first-order valence-corrected chi connectivity index (χ1v) is 9.62. The third kappa shape index (κ3) is 3.03. The zero-order valence-corrected chi connectivity index (χ0v) is 14.3. The van der Waals surface area contributed by atoms with Crippen LogP contribution in [0.3, 0.4) is 0 Å². The lowest BCUT2D eigenvalue weighted by molar-refractivity contribution is 0.280. The second-order valence-corrected chi connectivity index (χ2v) is 8.92. The summed E-state index contributed by atoms with van der Waals surface area (Å²) in [5, 5.41) is 0. The average molecular weight is 376 g/mol. The van der Waals surface area contributed by atoms with Gasteiger partial charge < -0.3 is 0 Å². The summed E-state index contributed by atoms with van der Waals surface area (Å²) in [7, 11) is -3.81. The molecule has 0 radical (unpaired) electrons. The smallest absolute Gasteiger partial charge is 0.208 e. The lowest BCUT2D eigenvalue weighted by Crippen LogP contribution is -2.40. The fourth-order valence-corrected chi connectivity index (χ4v) is 5.68. The van der Waals surface area contributed by atoms with Crippen molar-refractivity contribution in [2.24, 2.45) is 17.8 Å². The molecule has 2 saturated carbocycles. The van der Waals surface area contributed by atoms with Gasteiger partial charge in [0.05, 0.1) is 0 Å². The van der Waals surface area contributed by atoms with Gasteiger partial charge in [-0.25, -0.2) is 17.5 Å². The van der Waals surface area contributed by atoms with E-state index in [1.807, 2.05) is 6.92 Å². The molecule has 3 rings (SSSR count). The maximum atomic E-state index is 13.9. The summed E-state index contributed by atoms with van der Waals surface area (Å²) >= 11 is 3.13. The van der Waals surface area contributed by atoms with E-state index in [1.165, 1.54) is 31.4 Å². The Hall–Kier alpha value is -0.460. The molecule has 4 atom stereocenters. The van der Waals surface area contributed by atoms with Crippen LogP contribution in [0.1, 0.15) is 32.6 Å². The van der Waals surface area contributed by atoms with Crippen molar-refractivity contribution in [3.63, 3.8) is 0 Å². The van der Waals surface area contributed by atoms with Crippen LogP contribution >= 0.6 is 15.9 Å². The molecule has 0 heterocycles. The number of hydrogen-bond donors (Lipinski definition) is 1. The molecule has 0 spiro atoms. The SMILES string of the molecule is CC(NS(=O)(=O)c1ccc(Br)cc1F)C1CC2CCC1C2. The molecule has 116 valence electrons. The van der Waals surface area contributed by atoms with Gasteiger partial charge in [-0.05, 0) is 62.1 Å². The molecule has 4 unspecified atom stereocenters. The van der Waals surface area contributed by atoms with Gasteiger partial charge in [-0.1, -0.05) is 22.4 Å². The minimum Gasteiger partial charge on any atom is -0.208 e. The maximum absolute atomic E-state index is 13.9. The van der Waals surface area contributed by atoms with E-state index >= 15 is 0 Å². The molecule has 2 fully saturated rings. The van der Waals surface area contributed by atoms with E-state index in [0.29, 0.717) is 16.3 Å². The number of benzene rings is 1. The van der Waals surface area contributed by atoms with Gasteiger partial charge >= 0.3 is 0 Å². The van der Waals surface area contributed by atoms with Crippen molar-refractivity contribution in [1.82, 2.24) is 4.72 Å². The van der Waals surface area contributed by atoms with Gasteiger partial charge in [0.1, 0.15) is 10.7 Å². The van der Waals surface area contributed by atoms with Crippen molar-refractivity contribution in [1.29, 1.82) is 0 Å². The van der Waals surface area contributed by atoms with Crippen molar-refractivity contribution in [2.75, 3.05) is 0 Å². The highest BCUT2D eigenvalue weighted by molar-refractivity contribution is 9.10. The van der Waals surface area contributed by atoms with Gasteiger partial charge in [0.2, 0.25) is 10.0 Å². The molecule has 0 aromatic heterocycles. The summed E-state index contributed by atoms with van der Waals surface area (Å²) in [6.07, 6.45) is 4.80. The Bertz CT molecular complexity index is 649. The van der Waals surface area contributed by atoms with Crippen LogP contribution in [-0.4, -0.2) is 14.5 Å². The molecular weight excluding hydrogens is 357 g/mol. The fraction of sp³-hybridized carbons (Fsp3) is 0.600. The Balaban J connectivity index is 1.76. The van der Waals surface area contributed by atoms with E-state index in [4.69, 9.17) is 0 Å². The van der Waals surface area contributed by atoms with E-state index in [2.05, 4.69) is 20.7 Å². The first-order valence-electron chi connectivity index (χ1n) is 7.34. The monoisotopic (exact) mass is 375 g/mol. The highest BCUT2D eigenvalue weighted by Gasteiger charge is 2.42. The van der Waals surface area contributed by atoms with Crippen molar-refractivity contribution >= 4 is 26.0 Å². The first-order chi connectivity index (χ1) is 9.87. The molecule has 2 aliphatic rings. The van der Waals surface area contributed by atoms with Crippen LogP contribution in [0.5, 0.6) is 0 Å². The summed E-state index contributed by atoms with van der Waals surface area (Å²) in [4.78, 5) is -0.277. The third-order valence-corrected chi connectivity index (χ3v) is 7.04. The molecule has 1 aromatic carbocycles. The molecule has 2 aliphatic carbocycles. The van der Waals surface area contributed by atoms with Gasteiger partial charge in [0.15, 0.2) is 0 Å². The Morgan fingerprint density at radius 3 is 2.67 bits per heavy atom. The topological polar surface area (TPSA) is 46.2 Å². The van der Waals surface area contributed by atoms with Crippen molar-refractivity contribution in [3.8, 4) is 0 Å². The van der Waals surface area contributed by atoms with Gasteiger partial charge in [0.25, 0.3) is 0 Å². The molecule has 1 aromatic rings. The highest BCUT2D eigenvalue weighted by Crippen LogP contribution is 2.49. The zero-order chi connectivity index (χ0) is 15.2. The Morgan fingerprint density at radius 2 is 2.10 bits per heavy atom. The van der Waals surface area contributed by atoms with Crippen LogP contribution in [0.25, 0.3) is 0 Å². The summed E-state index contributed by atoms with van der Waals surface area (Å²) in [6, 6.07) is 3.87. The quantitative estimate of drug-likeness (QED) is 0.871. The molecule has 0 aliphatic heterocycles. The average Bonchev–Trinajstić information content (AvgIpc) is 2.99. The molecule has 6 heteroatoms. The van der Waals surface area contributed by atoms with E-state index < -0.39 is 15.8 Å². The van der Waals surface area contributed by atoms with E-state index in [1.54, 1.807) is 6.07 Å². The van der Waals surface area contributed by atoms with Gasteiger partial charge in [-0.2, -0.15) is 0 Å². The standard InChI is InChI=1S/C15H19BrFNO2S/c1-9(13-7-10-2-3-11(13)6-10)18-21(19,20)15-5-4-12(16)8-14(15)17/h4-5,8-11,13,18H,2-3,6-7H2,1H3. The van der Waals surface area contributed by atoms with Crippen molar-refractivity contribution < 1.29 is 12.8 Å². The van der Waals surface area contributed by atoms with E-state index in [-0.39, 0.29) is 10.9 Å². The van der Waals surface area contributed by atoms with Gasteiger partial charge in [-0.3, -0.25) is 0 Å². The second-order valence-electron chi connectivity index (χ2n) is 6.32. The number of sulfonamides is 1. The number of hydrogen-bond acceptors (Lipinski definition) is 2. The van der Waals surface area contributed by atoms with Crippen LogP contribution in [-0.2, 0) is 10.0 Å². The number of fused-ring (bicyclic) bond motifs is 2. The van der Waals surface area contributed by atoms with Crippen LogP contribution in [0.15, 0.2) is 27.6 Å². The van der Waals surface area contributed by atoms with Gasteiger partial charge in [0, 0.05) is 10.5 Å². The predicted octanol–water partition coefficient (Wildman–Crippen LogP) is 3.69. The summed E-state index contributed by atoms with van der Waals surface area (Å²) in [6.45, 7) is 1.90. The molecular formula is C15H19BrFNO2S. The third-order valence-electron chi connectivity index (χ3n) is 4.96. The molecule has 0 amide bonds. The fourth-order valence-electron chi connectivity index (χ4n) is 4.00. The van der Waals surface area contributed by atoms with Crippen LogP contribution in [0.4, 0.5) is 4.39 Å². The first kappa shape index (κ1) is 15.4. The minimum atomic E-state index is -3.81. The van der Waals surface area contributed by atoms with Crippen LogP contribution in [0.2, 0.25) is 0 Å². The van der Waals surface area contributed by atoms with E-state index in [0.717, 1.165) is 12.3 Å². The number of rotatable bonds is 4. The van der Waals surface area contributed by atoms with Crippen LogP contribution < -0.4 is 4.72 Å². The molecule has 0 saturated heterocycles. The number of halogens is 2. The predicted molar refractivity (Wildman–Crippen MR) is 82.8 cm³/mol. The normalized spacial score (nSPS) is 29.8. The lowest BCUT2D eigenvalue weighted by atomic mass is 9.84. The Kier molecular flexibility index (Phi) is 4.14. The summed E-state index contributed by atoms with van der Waals surface area (Å²) in [5.41, 5.74) is 0. The summed E-state index contributed by atoms with van der Waals surface area (Å²) < 4.78 is 41.8. The molecule has 2 bridgehead atoms. The second kappa shape index (κ2) is 5.63. The van der Waals surface area contributed by atoms with Gasteiger partial charge in [-0.15, -0.1) is 0 Å². The minimum absolute atomic E-state index is 0.145. The van der Waals surface area contributed by atoms with Crippen molar-refractivity contribution in [3.05, 3.63) is 28.5 Å². The largest absolute Gasteiger partial charge is 0.243 e. The maximum Gasteiger partial charge on any atom is 0.243 e. The Labute approximate surface area is 133 Å². The highest BCUT2D eigenvalue weighted by atomic mass is 79.9. The van der Waals surface area contributed by atoms with Crippen LogP contribution in [0, 0.1) is 23.6 Å². The molecule has 1 N–H and O–H groups in total. The number of nitrogens with one attached hydrogen (secondary N) is 1. The molecule has 21 heavy (non-hydrogen) atoms.